The third kappa shape index (κ3) is 3.61. The van der Waals surface area contributed by atoms with Crippen LogP contribution in [0.15, 0.2) is 0 Å². The van der Waals surface area contributed by atoms with Crippen molar-refractivity contribution in [2.75, 3.05) is 20.1 Å². The van der Waals surface area contributed by atoms with Crippen LogP contribution in [0.5, 0.6) is 0 Å². The highest BCUT2D eigenvalue weighted by Gasteiger charge is 2.37. The molecular weight excluding hydrogens is 260 g/mol. The van der Waals surface area contributed by atoms with E-state index in [1.54, 1.807) is 0 Å². The summed E-state index contributed by atoms with van der Waals surface area (Å²) >= 11 is 0. The van der Waals surface area contributed by atoms with Crippen LogP contribution in [0.2, 0.25) is 0 Å². The molecule has 1 amide bonds. The second-order valence-electron chi connectivity index (χ2n) is 7.60. The van der Waals surface area contributed by atoms with Crippen molar-refractivity contribution in [3.05, 3.63) is 0 Å². The van der Waals surface area contributed by atoms with Gasteiger partial charge in [-0.3, -0.25) is 4.79 Å². The van der Waals surface area contributed by atoms with E-state index in [1.165, 1.54) is 51.4 Å². The van der Waals surface area contributed by atoms with Gasteiger partial charge in [0.15, 0.2) is 0 Å². The van der Waals surface area contributed by atoms with Crippen LogP contribution in [0.4, 0.5) is 0 Å². The Morgan fingerprint density at radius 2 is 1.71 bits per heavy atom. The van der Waals surface area contributed by atoms with Gasteiger partial charge >= 0.3 is 0 Å². The number of hydrogen-bond acceptors (Lipinski definition) is 2. The van der Waals surface area contributed by atoms with Crippen molar-refractivity contribution in [2.24, 2.45) is 17.8 Å². The Kier molecular flexibility index (Phi) is 5.20. The summed E-state index contributed by atoms with van der Waals surface area (Å²) in [6.07, 6.45) is 12.8. The van der Waals surface area contributed by atoms with Crippen molar-refractivity contribution in [1.29, 1.82) is 0 Å². The molecule has 0 aromatic rings. The zero-order valence-corrected chi connectivity index (χ0v) is 13.7. The summed E-state index contributed by atoms with van der Waals surface area (Å²) in [5.41, 5.74) is 0. The Balaban J connectivity index is 1.56. The van der Waals surface area contributed by atoms with Crippen LogP contribution in [0.3, 0.4) is 0 Å². The molecular formula is C18H32N2O. The topological polar surface area (TPSA) is 32.3 Å². The first-order valence-electron chi connectivity index (χ1n) is 9.23. The van der Waals surface area contributed by atoms with E-state index in [2.05, 4.69) is 17.3 Å². The molecule has 2 saturated carbocycles. The summed E-state index contributed by atoms with van der Waals surface area (Å²) < 4.78 is 0. The minimum absolute atomic E-state index is 0.325. The van der Waals surface area contributed by atoms with Crippen LogP contribution < -0.4 is 5.32 Å². The summed E-state index contributed by atoms with van der Waals surface area (Å²) in [5.74, 6) is 2.57. The van der Waals surface area contributed by atoms with Gasteiger partial charge < -0.3 is 10.2 Å². The molecule has 3 nitrogen and oxygen atoms in total. The first-order valence-corrected chi connectivity index (χ1v) is 9.23. The summed E-state index contributed by atoms with van der Waals surface area (Å²) in [5, 5.41) is 3.45. The lowest BCUT2D eigenvalue weighted by Crippen LogP contribution is -2.43. The predicted molar refractivity (Wildman–Crippen MR) is 86.1 cm³/mol. The van der Waals surface area contributed by atoms with Crippen molar-refractivity contribution in [2.45, 2.75) is 70.3 Å². The number of carbonyl (C=O) groups is 1. The summed E-state index contributed by atoms with van der Waals surface area (Å²) in [4.78, 5) is 15.0. The number of nitrogens with zero attached hydrogens (tertiary/aromatic N) is 1. The molecule has 0 radical (unpaired) electrons. The van der Waals surface area contributed by atoms with E-state index >= 15 is 0 Å². The highest BCUT2D eigenvalue weighted by atomic mass is 16.2. The fourth-order valence-corrected chi connectivity index (χ4v) is 4.95. The molecule has 1 saturated heterocycles. The molecule has 0 bridgehead atoms. The van der Waals surface area contributed by atoms with Gasteiger partial charge in [0.1, 0.15) is 0 Å². The van der Waals surface area contributed by atoms with Gasteiger partial charge in [0, 0.05) is 19.0 Å². The summed E-state index contributed by atoms with van der Waals surface area (Å²) in [6, 6.07) is 0.469. The average molecular weight is 292 g/mol. The lowest BCUT2D eigenvalue weighted by atomic mass is 9.67. The molecule has 1 heterocycles. The second kappa shape index (κ2) is 7.13. The van der Waals surface area contributed by atoms with Gasteiger partial charge in [-0.15, -0.1) is 0 Å². The average Bonchev–Trinajstić information content (AvgIpc) is 2.82. The van der Waals surface area contributed by atoms with Crippen LogP contribution in [0.25, 0.3) is 0 Å². The Bertz CT molecular complexity index is 349. The largest absolute Gasteiger partial charge is 0.342 e. The van der Waals surface area contributed by atoms with E-state index < -0.39 is 0 Å². The summed E-state index contributed by atoms with van der Waals surface area (Å²) in [7, 11) is 2.06. The highest BCUT2D eigenvalue weighted by molar-refractivity contribution is 5.79. The fraction of sp³-hybridized carbons (Fsp3) is 0.944. The minimum atomic E-state index is 0.325. The van der Waals surface area contributed by atoms with Crippen LogP contribution in [0.1, 0.15) is 64.2 Å². The molecule has 3 aliphatic rings. The lowest BCUT2D eigenvalue weighted by Gasteiger charge is -2.40. The lowest BCUT2D eigenvalue weighted by molar-refractivity contribution is -0.139. The van der Waals surface area contributed by atoms with Crippen LogP contribution in [0, 0.1) is 17.8 Å². The van der Waals surface area contributed by atoms with Gasteiger partial charge in [-0.2, -0.15) is 0 Å². The fourth-order valence-electron chi connectivity index (χ4n) is 4.95. The van der Waals surface area contributed by atoms with Gasteiger partial charge in [0.05, 0.1) is 0 Å². The highest BCUT2D eigenvalue weighted by Crippen LogP contribution is 2.43. The second-order valence-corrected chi connectivity index (χ2v) is 7.60. The molecule has 3 fully saturated rings. The van der Waals surface area contributed by atoms with Crippen molar-refractivity contribution >= 4 is 5.91 Å². The van der Waals surface area contributed by atoms with Crippen LogP contribution in [-0.4, -0.2) is 37.0 Å². The molecule has 4 unspecified atom stereocenters. The number of hydrogen-bond donors (Lipinski definition) is 1. The molecule has 3 heteroatoms. The maximum atomic E-state index is 12.9. The number of carbonyl (C=O) groups excluding carboxylic acids is 1. The Hall–Kier alpha value is -0.570. The van der Waals surface area contributed by atoms with Gasteiger partial charge in [-0.25, -0.2) is 0 Å². The van der Waals surface area contributed by atoms with Crippen molar-refractivity contribution in [3.63, 3.8) is 0 Å². The van der Waals surface area contributed by atoms with Gasteiger partial charge in [0.25, 0.3) is 0 Å². The maximum absolute atomic E-state index is 12.9. The zero-order chi connectivity index (χ0) is 14.7. The van der Waals surface area contributed by atoms with Crippen LogP contribution in [-0.2, 0) is 4.79 Å². The minimum Gasteiger partial charge on any atom is -0.342 e. The molecule has 1 N–H and O–H groups in total. The molecule has 0 spiro atoms. The van der Waals surface area contributed by atoms with Crippen LogP contribution >= 0.6 is 0 Å². The third-order valence-electron chi connectivity index (χ3n) is 6.33. The molecule has 120 valence electrons. The van der Waals surface area contributed by atoms with E-state index in [0.717, 1.165) is 37.8 Å². The van der Waals surface area contributed by atoms with Gasteiger partial charge in [-0.05, 0) is 63.5 Å². The molecule has 0 aromatic carbocycles. The molecule has 21 heavy (non-hydrogen) atoms. The monoisotopic (exact) mass is 292 g/mol. The van der Waals surface area contributed by atoms with E-state index in [0.29, 0.717) is 17.9 Å². The Morgan fingerprint density at radius 3 is 2.57 bits per heavy atom. The maximum Gasteiger partial charge on any atom is 0.225 e. The number of amides is 1. The number of rotatable bonds is 2. The third-order valence-corrected chi connectivity index (χ3v) is 6.33. The smallest absolute Gasteiger partial charge is 0.225 e. The van der Waals surface area contributed by atoms with Crippen molar-refractivity contribution < 1.29 is 4.79 Å². The van der Waals surface area contributed by atoms with Gasteiger partial charge in [-0.1, -0.05) is 25.7 Å². The van der Waals surface area contributed by atoms with E-state index in [4.69, 9.17) is 0 Å². The van der Waals surface area contributed by atoms with Crippen molar-refractivity contribution in [1.82, 2.24) is 10.2 Å². The van der Waals surface area contributed by atoms with E-state index in [9.17, 15) is 4.79 Å². The first-order chi connectivity index (χ1) is 10.3. The van der Waals surface area contributed by atoms with Gasteiger partial charge in [0.2, 0.25) is 5.91 Å². The molecule has 0 aromatic heterocycles. The molecule has 2 aliphatic carbocycles. The standard InChI is InChI=1S/C18H32N2O/c1-20(17-7-4-11-19-12-10-17)18(21)16-9-8-14-5-2-3-6-15(14)13-16/h14-17,19H,2-13H2,1H3. The van der Waals surface area contributed by atoms with E-state index in [1.807, 2.05) is 0 Å². The first kappa shape index (κ1) is 15.3. The predicted octanol–water partition coefficient (Wildman–Crippen LogP) is 3.19. The Labute approximate surface area is 129 Å². The zero-order valence-electron chi connectivity index (χ0n) is 13.7. The number of nitrogens with one attached hydrogen (secondary N) is 1. The SMILES string of the molecule is CN(C(=O)C1CCC2CCCCC2C1)C1CCCNCC1. The van der Waals surface area contributed by atoms with Crippen molar-refractivity contribution in [3.8, 4) is 0 Å². The molecule has 4 atom stereocenters. The Morgan fingerprint density at radius 1 is 0.905 bits per heavy atom. The molecule has 3 rings (SSSR count). The normalized spacial score (nSPS) is 37.4. The van der Waals surface area contributed by atoms with E-state index in [-0.39, 0.29) is 0 Å². The quantitative estimate of drug-likeness (QED) is 0.847. The molecule has 1 aliphatic heterocycles. The summed E-state index contributed by atoms with van der Waals surface area (Å²) in [6.45, 7) is 2.18. The number of fused-ring (bicyclic) bond motifs is 1.